The molecule has 1 amide bonds. The Morgan fingerprint density at radius 1 is 1.17 bits per heavy atom. The second kappa shape index (κ2) is 11.0. The molecule has 1 aliphatic heterocycles. The van der Waals surface area contributed by atoms with Crippen LogP contribution >= 0.6 is 24.8 Å². The van der Waals surface area contributed by atoms with Gasteiger partial charge < -0.3 is 10.6 Å². The van der Waals surface area contributed by atoms with E-state index in [-0.39, 0.29) is 30.7 Å². The number of hydrogen-bond donors (Lipinski definition) is 2. The SMILES string of the molecule is Cl.Cl.O=C(NCCC1CCNC1)c1cn(-c2ccccc2)nc1-c1cccnc1. The first-order chi connectivity index (χ1) is 13.3. The lowest BCUT2D eigenvalue weighted by atomic mass is 10.1. The summed E-state index contributed by atoms with van der Waals surface area (Å²) in [6.45, 7) is 2.80. The molecule has 3 heterocycles. The van der Waals surface area contributed by atoms with Crippen molar-refractivity contribution < 1.29 is 4.79 Å². The fourth-order valence-corrected chi connectivity index (χ4v) is 3.42. The molecule has 0 saturated carbocycles. The molecular formula is C21H25Cl2N5O. The fraction of sp³-hybridized carbons (Fsp3) is 0.286. The Labute approximate surface area is 182 Å². The van der Waals surface area contributed by atoms with Crippen molar-refractivity contribution in [3.63, 3.8) is 0 Å². The molecule has 6 nitrogen and oxygen atoms in total. The molecule has 1 fully saturated rings. The summed E-state index contributed by atoms with van der Waals surface area (Å²) in [6, 6.07) is 13.6. The summed E-state index contributed by atoms with van der Waals surface area (Å²) in [6.07, 6.45) is 7.42. The van der Waals surface area contributed by atoms with E-state index >= 15 is 0 Å². The number of hydrogen-bond acceptors (Lipinski definition) is 4. The zero-order valence-electron chi connectivity index (χ0n) is 16.0. The van der Waals surface area contributed by atoms with Crippen LogP contribution in [0.5, 0.6) is 0 Å². The standard InChI is InChI=1S/C21H23N5O.2ClH/c27-21(24-12-9-16-8-11-23-13-16)19-15-26(18-6-2-1-3-7-18)25-20(19)17-5-4-10-22-14-17;;/h1-7,10,14-16,23H,8-9,11-13H2,(H,24,27);2*1H. The summed E-state index contributed by atoms with van der Waals surface area (Å²) < 4.78 is 1.75. The molecule has 4 rings (SSSR count). The van der Waals surface area contributed by atoms with E-state index in [1.165, 1.54) is 6.42 Å². The maximum absolute atomic E-state index is 12.9. The van der Waals surface area contributed by atoms with Gasteiger partial charge in [0.15, 0.2) is 0 Å². The molecule has 1 aliphatic rings. The average Bonchev–Trinajstić information content (AvgIpc) is 3.39. The summed E-state index contributed by atoms with van der Waals surface area (Å²) in [4.78, 5) is 17.0. The zero-order chi connectivity index (χ0) is 18.5. The molecular weight excluding hydrogens is 409 g/mol. The van der Waals surface area contributed by atoms with Crippen LogP contribution in [0.25, 0.3) is 16.9 Å². The molecule has 3 aromatic rings. The van der Waals surface area contributed by atoms with Crippen LogP contribution in [0.3, 0.4) is 0 Å². The molecule has 0 bridgehead atoms. The quantitative estimate of drug-likeness (QED) is 0.623. The molecule has 2 N–H and O–H groups in total. The van der Waals surface area contributed by atoms with Crippen LogP contribution in [0.15, 0.2) is 61.1 Å². The second-order valence-corrected chi connectivity index (χ2v) is 6.82. The van der Waals surface area contributed by atoms with Crippen LogP contribution in [0.1, 0.15) is 23.2 Å². The van der Waals surface area contributed by atoms with Gasteiger partial charge in [-0.25, -0.2) is 4.68 Å². The largest absolute Gasteiger partial charge is 0.352 e. The Morgan fingerprint density at radius 2 is 2.00 bits per heavy atom. The van der Waals surface area contributed by atoms with E-state index in [1.54, 1.807) is 23.3 Å². The Hall–Kier alpha value is -2.41. The van der Waals surface area contributed by atoms with Gasteiger partial charge >= 0.3 is 0 Å². The molecule has 1 unspecified atom stereocenters. The van der Waals surface area contributed by atoms with Gasteiger partial charge in [0.05, 0.1) is 11.3 Å². The van der Waals surface area contributed by atoms with Crippen LogP contribution in [0.2, 0.25) is 0 Å². The number of amides is 1. The molecule has 8 heteroatoms. The number of para-hydroxylation sites is 1. The molecule has 154 valence electrons. The summed E-state index contributed by atoms with van der Waals surface area (Å²) in [5, 5.41) is 11.1. The predicted octanol–water partition coefficient (Wildman–Crippen LogP) is 3.51. The first-order valence-corrected chi connectivity index (χ1v) is 9.35. The summed E-state index contributed by atoms with van der Waals surface area (Å²) >= 11 is 0. The highest BCUT2D eigenvalue weighted by molar-refractivity contribution is 5.99. The minimum Gasteiger partial charge on any atom is -0.352 e. The highest BCUT2D eigenvalue weighted by Gasteiger charge is 2.20. The number of halogens is 2. The van der Waals surface area contributed by atoms with Crippen molar-refractivity contribution in [1.29, 1.82) is 0 Å². The maximum Gasteiger partial charge on any atom is 0.255 e. The highest BCUT2D eigenvalue weighted by atomic mass is 35.5. The van der Waals surface area contributed by atoms with Crippen LogP contribution in [-0.2, 0) is 0 Å². The van der Waals surface area contributed by atoms with E-state index in [9.17, 15) is 4.79 Å². The third-order valence-electron chi connectivity index (χ3n) is 4.92. The van der Waals surface area contributed by atoms with Gasteiger partial charge in [0.2, 0.25) is 0 Å². The molecule has 0 aliphatic carbocycles. The van der Waals surface area contributed by atoms with Crippen molar-refractivity contribution in [2.24, 2.45) is 5.92 Å². The van der Waals surface area contributed by atoms with E-state index in [4.69, 9.17) is 0 Å². The van der Waals surface area contributed by atoms with Gasteiger partial charge in [-0.15, -0.1) is 24.8 Å². The van der Waals surface area contributed by atoms with E-state index < -0.39 is 0 Å². The van der Waals surface area contributed by atoms with Gasteiger partial charge in [-0.3, -0.25) is 9.78 Å². The predicted molar refractivity (Wildman–Crippen MR) is 119 cm³/mol. The van der Waals surface area contributed by atoms with Crippen molar-refractivity contribution in [2.45, 2.75) is 12.8 Å². The van der Waals surface area contributed by atoms with E-state index in [0.717, 1.165) is 30.8 Å². The van der Waals surface area contributed by atoms with Crippen molar-refractivity contribution in [2.75, 3.05) is 19.6 Å². The zero-order valence-corrected chi connectivity index (χ0v) is 17.6. The first kappa shape index (κ1) is 22.9. The summed E-state index contributed by atoms with van der Waals surface area (Å²) in [5.41, 5.74) is 2.96. The minimum atomic E-state index is -0.0954. The topological polar surface area (TPSA) is 71.8 Å². The number of carbonyl (C=O) groups excluding carboxylic acids is 1. The van der Waals surface area contributed by atoms with Crippen LogP contribution in [0, 0.1) is 5.92 Å². The highest BCUT2D eigenvalue weighted by Crippen LogP contribution is 2.23. The smallest absolute Gasteiger partial charge is 0.255 e. The van der Waals surface area contributed by atoms with Gasteiger partial charge in [0, 0.05) is 30.7 Å². The van der Waals surface area contributed by atoms with E-state index in [0.29, 0.717) is 23.7 Å². The Bertz CT molecular complexity index is 896. The third kappa shape index (κ3) is 5.56. The second-order valence-electron chi connectivity index (χ2n) is 6.82. The fourth-order valence-electron chi connectivity index (χ4n) is 3.42. The number of rotatable bonds is 6. The molecule has 2 aromatic heterocycles. The summed E-state index contributed by atoms with van der Waals surface area (Å²) in [5.74, 6) is 0.553. The first-order valence-electron chi connectivity index (χ1n) is 9.35. The van der Waals surface area contributed by atoms with E-state index in [2.05, 4.69) is 20.7 Å². The lowest BCUT2D eigenvalue weighted by Crippen LogP contribution is -2.26. The van der Waals surface area contributed by atoms with Gasteiger partial charge in [0.1, 0.15) is 5.69 Å². The number of benzene rings is 1. The van der Waals surface area contributed by atoms with Crippen molar-refractivity contribution >= 4 is 30.7 Å². The molecule has 1 atom stereocenters. The average molecular weight is 434 g/mol. The molecule has 0 spiro atoms. The van der Waals surface area contributed by atoms with Crippen LogP contribution in [-0.4, -0.2) is 40.3 Å². The molecule has 29 heavy (non-hydrogen) atoms. The molecule has 1 saturated heterocycles. The van der Waals surface area contributed by atoms with Crippen LogP contribution in [0.4, 0.5) is 0 Å². The van der Waals surface area contributed by atoms with Gasteiger partial charge in [-0.1, -0.05) is 18.2 Å². The molecule has 0 radical (unpaired) electrons. The minimum absolute atomic E-state index is 0. The number of nitrogens with one attached hydrogen (secondary N) is 2. The number of pyridine rings is 1. The van der Waals surface area contributed by atoms with Crippen molar-refractivity contribution in [1.82, 2.24) is 25.4 Å². The van der Waals surface area contributed by atoms with Crippen molar-refractivity contribution in [3.05, 3.63) is 66.6 Å². The number of nitrogens with zero attached hydrogens (tertiary/aromatic N) is 3. The number of aromatic nitrogens is 3. The summed E-state index contributed by atoms with van der Waals surface area (Å²) in [7, 11) is 0. The third-order valence-corrected chi connectivity index (χ3v) is 4.92. The van der Waals surface area contributed by atoms with Crippen molar-refractivity contribution in [3.8, 4) is 16.9 Å². The Morgan fingerprint density at radius 3 is 2.69 bits per heavy atom. The van der Waals surface area contributed by atoms with Gasteiger partial charge in [-0.05, 0) is 56.1 Å². The normalized spacial score (nSPS) is 15.2. The number of carbonyl (C=O) groups is 1. The lowest BCUT2D eigenvalue weighted by molar-refractivity contribution is 0.0952. The Kier molecular flexibility index (Phi) is 8.64. The van der Waals surface area contributed by atoms with Gasteiger partial charge in [-0.2, -0.15) is 5.10 Å². The Balaban J connectivity index is 0.00000150. The van der Waals surface area contributed by atoms with E-state index in [1.807, 2.05) is 42.5 Å². The monoisotopic (exact) mass is 433 g/mol. The maximum atomic E-state index is 12.9. The van der Waals surface area contributed by atoms with Gasteiger partial charge in [0.25, 0.3) is 5.91 Å². The molecule has 1 aromatic carbocycles. The van der Waals surface area contributed by atoms with Crippen LogP contribution < -0.4 is 10.6 Å². The lowest BCUT2D eigenvalue weighted by Gasteiger charge is -2.09.